The highest BCUT2D eigenvalue weighted by Gasteiger charge is 2.38. The Labute approximate surface area is 121 Å². The molecule has 0 radical (unpaired) electrons. The normalized spacial score (nSPS) is 16.1. The first-order valence-corrected chi connectivity index (χ1v) is 6.81. The smallest absolute Gasteiger partial charge is 0.389 e. The fourth-order valence-corrected chi connectivity index (χ4v) is 2.52. The van der Waals surface area contributed by atoms with Crippen molar-refractivity contribution in [1.29, 1.82) is 0 Å². The Morgan fingerprint density at radius 2 is 1.90 bits per heavy atom. The SMILES string of the molecule is CC(C)(Nc1ccc(C(F)(F)F)c(C(N)=S)c1)C1CC1. The molecule has 2 nitrogen and oxygen atoms in total. The van der Waals surface area contributed by atoms with Crippen LogP contribution in [0.1, 0.15) is 37.8 Å². The molecule has 0 atom stereocenters. The zero-order chi connectivity index (χ0) is 15.1. The van der Waals surface area contributed by atoms with Crippen LogP contribution >= 0.6 is 12.2 Å². The summed E-state index contributed by atoms with van der Waals surface area (Å²) in [4.78, 5) is -0.245. The van der Waals surface area contributed by atoms with E-state index in [9.17, 15) is 13.2 Å². The molecule has 6 heteroatoms. The molecule has 1 aliphatic rings. The maximum Gasteiger partial charge on any atom is 0.417 e. The van der Waals surface area contributed by atoms with E-state index in [1.54, 1.807) is 0 Å². The van der Waals surface area contributed by atoms with Crippen molar-refractivity contribution in [3.63, 3.8) is 0 Å². The van der Waals surface area contributed by atoms with Crippen molar-refractivity contribution < 1.29 is 13.2 Å². The Morgan fingerprint density at radius 1 is 1.30 bits per heavy atom. The van der Waals surface area contributed by atoms with Crippen LogP contribution in [0.15, 0.2) is 18.2 Å². The molecule has 0 spiro atoms. The summed E-state index contributed by atoms with van der Waals surface area (Å²) >= 11 is 4.73. The van der Waals surface area contributed by atoms with Gasteiger partial charge in [0.15, 0.2) is 0 Å². The average Bonchev–Trinajstić information content (AvgIpc) is 3.10. The number of nitrogens with one attached hydrogen (secondary N) is 1. The van der Waals surface area contributed by atoms with E-state index in [4.69, 9.17) is 18.0 Å². The van der Waals surface area contributed by atoms with Crippen LogP contribution in [0, 0.1) is 5.92 Å². The first-order valence-electron chi connectivity index (χ1n) is 6.40. The number of anilines is 1. The molecule has 1 aromatic rings. The molecule has 0 unspecified atom stereocenters. The highest BCUT2D eigenvalue weighted by molar-refractivity contribution is 7.80. The number of hydrogen-bond acceptors (Lipinski definition) is 2. The van der Waals surface area contributed by atoms with E-state index in [2.05, 4.69) is 5.32 Å². The molecule has 3 N–H and O–H groups in total. The van der Waals surface area contributed by atoms with Crippen molar-refractivity contribution in [2.24, 2.45) is 11.7 Å². The lowest BCUT2D eigenvalue weighted by molar-refractivity contribution is -0.137. The summed E-state index contributed by atoms with van der Waals surface area (Å²) in [6.07, 6.45) is -2.17. The monoisotopic (exact) mass is 302 g/mol. The predicted molar refractivity (Wildman–Crippen MR) is 77.8 cm³/mol. The maximum atomic E-state index is 12.9. The number of hydrogen-bond donors (Lipinski definition) is 2. The van der Waals surface area contributed by atoms with Gasteiger partial charge in [0.05, 0.1) is 5.56 Å². The zero-order valence-corrected chi connectivity index (χ0v) is 12.2. The molecule has 1 aliphatic carbocycles. The summed E-state index contributed by atoms with van der Waals surface area (Å²) in [7, 11) is 0. The molecular formula is C14H17F3N2S. The van der Waals surface area contributed by atoms with E-state index in [1.807, 2.05) is 13.8 Å². The van der Waals surface area contributed by atoms with Gasteiger partial charge in [-0.3, -0.25) is 0 Å². The summed E-state index contributed by atoms with van der Waals surface area (Å²) in [6.45, 7) is 4.09. The number of rotatable bonds is 4. The third-order valence-corrected chi connectivity index (χ3v) is 3.87. The fraction of sp³-hybridized carbons (Fsp3) is 0.500. The van der Waals surface area contributed by atoms with Gasteiger partial charge < -0.3 is 11.1 Å². The van der Waals surface area contributed by atoms with Crippen LogP contribution in [-0.4, -0.2) is 10.5 Å². The second-order valence-electron chi connectivity index (χ2n) is 5.74. The lowest BCUT2D eigenvalue weighted by atomic mass is 9.97. The minimum absolute atomic E-state index is 0.135. The van der Waals surface area contributed by atoms with Gasteiger partial charge in [-0.25, -0.2) is 0 Å². The lowest BCUT2D eigenvalue weighted by Gasteiger charge is -2.28. The highest BCUT2D eigenvalue weighted by atomic mass is 32.1. The number of thiocarbonyl (C=S) groups is 1. The third-order valence-electron chi connectivity index (χ3n) is 3.65. The van der Waals surface area contributed by atoms with E-state index in [-0.39, 0.29) is 16.1 Å². The van der Waals surface area contributed by atoms with Crippen LogP contribution in [0.2, 0.25) is 0 Å². The lowest BCUT2D eigenvalue weighted by Crippen LogP contribution is -2.33. The number of halogens is 3. The van der Waals surface area contributed by atoms with Crippen LogP contribution in [0.3, 0.4) is 0 Å². The van der Waals surface area contributed by atoms with E-state index in [0.29, 0.717) is 11.6 Å². The van der Waals surface area contributed by atoms with E-state index >= 15 is 0 Å². The number of nitrogens with two attached hydrogens (primary N) is 1. The largest absolute Gasteiger partial charge is 0.417 e. The minimum Gasteiger partial charge on any atom is -0.389 e. The Hall–Kier alpha value is -1.30. The van der Waals surface area contributed by atoms with Gasteiger partial charge in [0, 0.05) is 16.8 Å². The Bertz CT molecular complexity index is 534. The average molecular weight is 302 g/mol. The molecular weight excluding hydrogens is 285 g/mol. The minimum atomic E-state index is -4.46. The van der Waals surface area contributed by atoms with Crippen LogP contribution in [0.25, 0.3) is 0 Å². The third kappa shape index (κ3) is 3.23. The second kappa shape index (κ2) is 4.91. The van der Waals surface area contributed by atoms with Crippen LogP contribution < -0.4 is 11.1 Å². The Kier molecular flexibility index (Phi) is 3.71. The molecule has 20 heavy (non-hydrogen) atoms. The van der Waals surface area contributed by atoms with Gasteiger partial charge in [-0.05, 0) is 50.8 Å². The van der Waals surface area contributed by atoms with E-state index in [1.165, 1.54) is 12.1 Å². The molecule has 110 valence electrons. The van der Waals surface area contributed by atoms with Gasteiger partial charge in [0.2, 0.25) is 0 Å². The fourth-order valence-electron chi connectivity index (χ4n) is 2.35. The Balaban J connectivity index is 2.33. The number of benzene rings is 1. The Morgan fingerprint density at radius 3 is 2.35 bits per heavy atom. The summed E-state index contributed by atoms with van der Waals surface area (Å²) in [5, 5.41) is 3.27. The van der Waals surface area contributed by atoms with Crippen molar-refractivity contribution in [2.75, 3.05) is 5.32 Å². The number of alkyl halides is 3. The van der Waals surface area contributed by atoms with Gasteiger partial charge >= 0.3 is 6.18 Å². The standard InChI is InChI=1S/C14H17F3N2S/c1-13(2,8-3-4-8)19-9-5-6-11(14(15,16)17)10(7-9)12(18)20/h5-8,19H,3-4H2,1-2H3,(H2,18,20). The van der Waals surface area contributed by atoms with Crippen molar-refractivity contribution in [3.8, 4) is 0 Å². The highest BCUT2D eigenvalue weighted by Crippen LogP contribution is 2.41. The molecule has 1 fully saturated rings. The molecule has 0 aliphatic heterocycles. The zero-order valence-electron chi connectivity index (χ0n) is 11.3. The summed E-state index contributed by atoms with van der Waals surface area (Å²) in [6, 6.07) is 3.84. The van der Waals surface area contributed by atoms with E-state index in [0.717, 1.165) is 18.9 Å². The van der Waals surface area contributed by atoms with Gasteiger partial charge in [-0.1, -0.05) is 12.2 Å². The molecule has 0 heterocycles. The van der Waals surface area contributed by atoms with Gasteiger partial charge in [-0.15, -0.1) is 0 Å². The van der Waals surface area contributed by atoms with Crippen molar-refractivity contribution in [3.05, 3.63) is 29.3 Å². The summed E-state index contributed by atoms with van der Waals surface area (Å²) < 4.78 is 38.6. The van der Waals surface area contributed by atoms with Gasteiger partial charge in [0.1, 0.15) is 4.99 Å². The second-order valence-corrected chi connectivity index (χ2v) is 6.18. The van der Waals surface area contributed by atoms with E-state index < -0.39 is 11.7 Å². The van der Waals surface area contributed by atoms with Crippen molar-refractivity contribution in [2.45, 2.75) is 38.4 Å². The first kappa shape index (κ1) is 15.1. The molecule has 2 rings (SSSR count). The maximum absolute atomic E-state index is 12.9. The van der Waals surface area contributed by atoms with Crippen LogP contribution in [0.4, 0.5) is 18.9 Å². The molecule has 0 saturated heterocycles. The van der Waals surface area contributed by atoms with Crippen molar-refractivity contribution >= 4 is 22.9 Å². The molecule has 1 saturated carbocycles. The summed E-state index contributed by atoms with van der Waals surface area (Å²) in [5.74, 6) is 0.554. The molecule has 0 bridgehead atoms. The van der Waals surface area contributed by atoms with Crippen molar-refractivity contribution in [1.82, 2.24) is 0 Å². The molecule has 1 aromatic carbocycles. The topological polar surface area (TPSA) is 38.0 Å². The van der Waals surface area contributed by atoms with Gasteiger partial charge in [0.25, 0.3) is 0 Å². The summed E-state index contributed by atoms with van der Waals surface area (Å²) in [5.41, 5.74) is 4.96. The van der Waals surface area contributed by atoms with Crippen LogP contribution in [-0.2, 0) is 6.18 Å². The quantitative estimate of drug-likeness (QED) is 0.827. The van der Waals surface area contributed by atoms with Gasteiger partial charge in [-0.2, -0.15) is 13.2 Å². The predicted octanol–water partition coefficient (Wildman–Crippen LogP) is 3.94. The molecule has 0 aromatic heterocycles. The first-order chi connectivity index (χ1) is 9.11. The van der Waals surface area contributed by atoms with Crippen LogP contribution in [0.5, 0.6) is 0 Å². The molecule has 0 amide bonds.